The van der Waals surface area contributed by atoms with Gasteiger partial charge in [0.05, 0.1) is 17.9 Å². The number of rotatable bonds is 7. The molecule has 2 aromatic carbocycles. The van der Waals surface area contributed by atoms with Crippen LogP contribution in [0.15, 0.2) is 60.8 Å². The Kier molecular flexibility index (Phi) is 8.37. The van der Waals surface area contributed by atoms with Crippen LogP contribution in [0.4, 0.5) is 10.6 Å². The number of carbonyl (C=O) groups excluding carboxylic acids is 2. The van der Waals surface area contributed by atoms with Crippen LogP contribution in [0.2, 0.25) is 10.0 Å². The quantitative estimate of drug-likeness (QED) is 0.255. The average molecular weight is 596 g/mol. The van der Waals surface area contributed by atoms with E-state index in [2.05, 4.69) is 15.7 Å². The average Bonchev–Trinajstić information content (AvgIpc) is 3.60. The van der Waals surface area contributed by atoms with Crippen molar-refractivity contribution < 1.29 is 14.3 Å². The summed E-state index contributed by atoms with van der Waals surface area (Å²) in [6, 6.07) is 16.3. The number of ether oxygens (including phenoxy) is 1. The molecule has 214 valence electrons. The zero-order chi connectivity index (χ0) is 29.1. The number of aromatic nitrogens is 3. The molecular weight excluding hydrogens is 563 g/mol. The second-order valence-electron chi connectivity index (χ2n) is 11.0. The first-order chi connectivity index (χ1) is 19.6. The maximum atomic E-state index is 13.1. The number of amides is 2. The second-order valence-corrected chi connectivity index (χ2v) is 11.8. The molecule has 2 N–H and O–H groups in total. The predicted octanol–water partition coefficient (Wildman–Crippen LogP) is 6.44. The van der Waals surface area contributed by atoms with Crippen LogP contribution < -0.4 is 10.6 Å². The molecule has 1 aliphatic rings. The Hall–Kier alpha value is -3.82. The Morgan fingerprint density at radius 3 is 2.71 bits per heavy atom. The predicted molar refractivity (Wildman–Crippen MR) is 161 cm³/mol. The third-order valence-corrected chi connectivity index (χ3v) is 7.35. The molecule has 2 aromatic heterocycles. The zero-order valence-corrected chi connectivity index (χ0v) is 24.7. The Labute approximate surface area is 248 Å². The van der Waals surface area contributed by atoms with E-state index in [0.717, 1.165) is 29.8 Å². The molecule has 4 aromatic rings. The van der Waals surface area contributed by atoms with Crippen LogP contribution in [-0.4, -0.2) is 56.2 Å². The van der Waals surface area contributed by atoms with Crippen molar-refractivity contribution in [1.29, 1.82) is 0 Å². The minimum absolute atomic E-state index is 0.106. The Morgan fingerprint density at radius 2 is 1.93 bits per heavy atom. The van der Waals surface area contributed by atoms with Crippen molar-refractivity contribution in [2.45, 2.75) is 51.8 Å². The molecule has 0 aliphatic carbocycles. The van der Waals surface area contributed by atoms with Crippen LogP contribution in [0, 0.1) is 0 Å². The lowest BCUT2D eigenvalue weighted by atomic mass is 10.1. The molecule has 11 heteroatoms. The zero-order valence-electron chi connectivity index (χ0n) is 23.2. The van der Waals surface area contributed by atoms with Gasteiger partial charge in [0.15, 0.2) is 5.65 Å². The van der Waals surface area contributed by atoms with Gasteiger partial charge in [0, 0.05) is 52.9 Å². The SMILES string of the molecule is CC(C)(C)OC(=O)N1CCCC1CNC(=O)c1cccc(-c2cc(NCc3ccc(Cl)cc3Cl)n3nccc3n2)c1. The van der Waals surface area contributed by atoms with E-state index in [-0.39, 0.29) is 18.0 Å². The molecule has 5 rings (SSSR count). The number of benzene rings is 2. The minimum atomic E-state index is -0.569. The van der Waals surface area contributed by atoms with Gasteiger partial charge >= 0.3 is 6.09 Å². The van der Waals surface area contributed by atoms with Gasteiger partial charge < -0.3 is 20.3 Å². The van der Waals surface area contributed by atoms with Crippen molar-refractivity contribution in [3.8, 4) is 11.3 Å². The molecular formula is C30H32Cl2N6O3. The van der Waals surface area contributed by atoms with Crippen LogP contribution in [0.5, 0.6) is 0 Å². The van der Waals surface area contributed by atoms with Gasteiger partial charge in [0.1, 0.15) is 11.4 Å². The Bertz CT molecular complexity index is 1580. The monoisotopic (exact) mass is 594 g/mol. The summed E-state index contributed by atoms with van der Waals surface area (Å²) in [5.41, 5.74) is 2.95. The van der Waals surface area contributed by atoms with E-state index in [1.165, 1.54) is 0 Å². The number of anilines is 1. The fraction of sp³-hybridized carbons (Fsp3) is 0.333. The number of nitrogens with one attached hydrogen (secondary N) is 2. The van der Waals surface area contributed by atoms with Crippen molar-refractivity contribution in [2.75, 3.05) is 18.4 Å². The fourth-order valence-electron chi connectivity index (χ4n) is 4.78. The van der Waals surface area contributed by atoms with Gasteiger partial charge in [-0.05, 0) is 63.4 Å². The molecule has 1 unspecified atom stereocenters. The lowest BCUT2D eigenvalue weighted by molar-refractivity contribution is 0.0225. The smallest absolute Gasteiger partial charge is 0.410 e. The molecule has 41 heavy (non-hydrogen) atoms. The summed E-state index contributed by atoms with van der Waals surface area (Å²) in [7, 11) is 0. The number of halogens is 2. The van der Waals surface area contributed by atoms with Gasteiger partial charge in [-0.15, -0.1) is 0 Å². The van der Waals surface area contributed by atoms with Crippen molar-refractivity contribution >= 4 is 46.7 Å². The molecule has 9 nitrogen and oxygen atoms in total. The highest BCUT2D eigenvalue weighted by molar-refractivity contribution is 6.35. The largest absolute Gasteiger partial charge is 0.444 e. The summed E-state index contributed by atoms with van der Waals surface area (Å²) in [5.74, 6) is 0.503. The number of likely N-dealkylation sites (tertiary alicyclic amines) is 1. The lowest BCUT2D eigenvalue weighted by Crippen LogP contribution is -2.45. The molecule has 0 saturated carbocycles. The van der Waals surface area contributed by atoms with E-state index in [0.29, 0.717) is 46.6 Å². The number of nitrogens with zero attached hydrogens (tertiary/aromatic N) is 4. The molecule has 1 atom stereocenters. The summed E-state index contributed by atoms with van der Waals surface area (Å²) < 4.78 is 7.25. The van der Waals surface area contributed by atoms with Crippen LogP contribution in [-0.2, 0) is 11.3 Å². The molecule has 2 amide bonds. The van der Waals surface area contributed by atoms with Crippen molar-refractivity contribution in [1.82, 2.24) is 24.8 Å². The van der Waals surface area contributed by atoms with Crippen LogP contribution >= 0.6 is 23.2 Å². The van der Waals surface area contributed by atoms with E-state index in [4.69, 9.17) is 32.9 Å². The molecule has 1 fully saturated rings. The van der Waals surface area contributed by atoms with Gasteiger partial charge in [0.25, 0.3) is 5.91 Å². The highest BCUT2D eigenvalue weighted by Gasteiger charge is 2.32. The Morgan fingerprint density at radius 1 is 1.10 bits per heavy atom. The van der Waals surface area contributed by atoms with E-state index < -0.39 is 5.60 Å². The molecule has 0 radical (unpaired) electrons. The molecule has 0 bridgehead atoms. The van der Waals surface area contributed by atoms with Crippen molar-refractivity contribution in [3.05, 3.63) is 82.0 Å². The number of fused-ring (bicyclic) bond motifs is 1. The third-order valence-electron chi connectivity index (χ3n) is 6.76. The van der Waals surface area contributed by atoms with Crippen molar-refractivity contribution in [2.24, 2.45) is 0 Å². The minimum Gasteiger partial charge on any atom is -0.444 e. The maximum Gasteiger partial charge on any atom is 0.410 e. The number of carbonyl (C=O) groups is 2. The first kappa shape index (κ1) is 28.7. The fourth-order valence-corrected chi connectivity index (χ4v) is 5.25. The lowest BCUT2D eigenvalue weighted by Gasteiger charge is -2.28. The van der Waals surface area contributed by atoms with Crippen LogP contribution in [0.3, 0.4) is 0 Å². The van der Waals surface area contributed by atoms with Crippen LogP contribution in [0.25, 0.3) is 16.9 Å². The Balaban J connectivity index is 1.30. The van der Waals surface area contributed by atoms with E-state index in [9.17, 15) is 9.59 Å². The van der Waals surface area contributed by atoms with Gasteiger partial charge in [-0.1, -0.05) is 41.4 Å². The topological polar surface area (TPSA) is 101 Å². The van der Waals surface area contributed by atoms with E-state index in [1.54, 1.807) is 33.8 Å². The van der Waals surface area contributed by atoms with Crippen LogP contribution in [0.1, 0.15) is 49.5 Å². The standard InChI is InChI=1S/C30H32Cl2N6O3/c1-30(2,3)41-29(40)37-13-5-8-23(37)18-34-28(39)20-7-4-6-19(14-20)25-16-27(38-26(36-25)11-12-35-38)33-17-21-9-10-22(31)15-24(21)32/h4,6-7,9-12,14-16,23,33H,5,8,13,17-18H2,1-3H3,(H,34,39). The summed E-state index contributed by atoms with van der Waals surface area (Å²) in [6.07, 6.45) is 3.02. The van der Waals surface area contributed by atoms with Gasteiger partial charge in [-0.25, -0.2) is 9.78 Å². The van der Waals surface area contributed by atoms with Gasteiger partial charge in [-0.2, -0.15) is 9.61 Å². The normalized spacial score (nSPS) is 15.2. The first-order valence-electron chi connectivity index (χ1n) is 13.5. The summed E-state index contributed by atoms with van der Waals surface area (Å²) in [5, 5.41) is 11.9. The highest BCUT2D eigenvalue weighted by atomic mass is 35.5. The van der Waals surface area contributed by atoms with Crippen molar-refractivity contribution in [3.63, 3.8) is 0 Å². The van der Waals surface area contributed by atoms with Gasteiger partial charge in [-0.3, -0.25) is 4.79 Å². The van der Waals surface area contributed by atoms with Gasteiger partial charge in [0.2, 0.25) is 0 Å². The number of hydrogen-bond acceptors (Lipinski definition) is 6. The molecule has 3 heterocycles. The first-order valence-corrected chi connectivity index (χ1v) is 14.2. The number of hydrogen-bond donors (Lipinski definition) is 2. The summed E-state index contributed by atoms with van der Waals surface area (Å²) in [4.78, 5) is 32.2. The highest BCUT2D eigenvalue weighted by Crippen LogP contribution is 2.26. The summed E-state index contributed by atoms with van der Waals surface area (Å²) in [6.45, 7) is 6.96. The second kappa shape index (κ2) is 12.0. The van der Waals surface area contributed by atoms with E-state index in [1.807, 2.05) is 57.2 Å². The third kappa shape index (κ3) is 6.92. The summed E-state index contributed by atoms with van der Waals surface area (Å²) >= 11 is 12.4. The van der Waals surface area contributed by atoms with E-state index >= 15 is 0 Å². The molecule has 1 aliphatic heterocycles. The molecule has 1 saturated heterocycles. The maximum absolute atomic E-state index is 13.1. The molecule has 0 spiro atoms.